The lowest BCUT2D eigenvalue weighted by atomic mass is 10.0. The quantitative estimate of drug-likeness (QED) is 0.390. The molecule has 3 nitrogen and oxygen atoms in total. The van der Waals surface area contributed by atoms with Crippen molar-refractivity contribution >= 4 is 11.8 Å². The predicted molar refractivity (Wildman–Crippen MR) is 97.2 cm³/mol. The standard InChI is InChI=1S/C22H18O3/c1-16-7-9-18(10-8-16)19-11-13-20(14-12-19)21(23)22(24)25-15-17-5-3-2-4-6-17/h2-14H,15H2,1H3. The molecule has 0 heterocycles. The molecule has 25 heavy (non-hydrogen) atoms. The van der Waals surface area contributed by atoms with Crippen LogP contribution in [-0.2, 0) is 16.1 Å². The van der Waals surface area contributed by atoms with Crippen molar-refractivity contribution in [2.75, 3.05) is 0 Å². The monoisotopic (exact) mass is 330 g/mol. The molecule has 3 aromatic rings. The summed E-state index contributed by atoms with van der Waals surface area (Å²) in [4.78, 5) is 24.1. The van der Waals surface area contributed by atoms with Gasteiger partial charge in [-0.1, -0.05) is 84.4 Å². The first-order chi connectivity index (χ1) is 12.1. The van der Waals surface area contributed by atoms with Crippen molar-refractivity contribution in [3.63, 3.8) is 0 Å². The molecular weight excluding hydrogens is 312 g/mol. The number of ether oxygens (including phenoxy) is 1. The van der Waals surface area contributed by atoms with Crippen LogP contribution in [0.25, 0.3) is 11.1 Å². The maximum absolute atomic E-state index is 12.2. The Labute approximate surface area is 146 Å². The fourth-order valence-corrected chi connectivity index (χ4v) is 2.47. The molecule has 0 amide bonds. The van der Waals surface area contributed by atoms with Gasteiger partial charge >= 0.3 is 5.97 Å². The fraction of sp³-hybridized carbons (Fsp3) is 0.0909. The summed E-state index contributed by atoms with van der Waals surface area (Å²) >= 11 is 0. The lowest BCUT2D eigenvalue weighted by Gasteiger charge is -2.06. The summed E-state index contributed by atoms with van der Waals surface area (Å²) in [7, 11) is 0. The number of hydrogen-bond donors (Lipinski definition) is 0. The van der Waals surface area contributed by atoms with E-state index in [1.165, 1.54) is 5.56 Å². The minimum atomic E-state index is -0.841. The van der Waals surface area contributed by atoms with Crippen LogP contribution >= 0.6 is 0 Å². The highest BCUT2D eigenvalue weighted by molar-refractivity contribution is 6.40. The van der Waals surface area contributed by atoms with Gasteiger partial charge in [0.25, 0.3) is 5.78 Å². The molecule has 3 heteroatoms. The average Bonchev–Trinajstić information content (AvgIpc) is 2.67. The molecule has 0 aliphatic carbocycles. The van der Waals surface area contributed by atoms with Crippen molar-refractivity contribution in [3.05, 3.63) is 95.6 Å². The minimum absolute atomic E-state index is 0.0901. The topological polar surface area (TPSA) is 43.4 Å². The molecule has 0 atom stereocenters. The summed E-state index contributed by atoms with van der Waals surface area (Å²) < 4.78 is 5.08. The molecule has 124 valence electrons. The third-order valence-corrected chi connectivity index (χ3v) is 3.93. The first-order valence-electron chi connectivity index (χ1n) is 8.06. The van der Waals surface area contributed by atoms with Gasteiger partial charge in [-0.2, -0.15) is 0 Å². The maximum Gasteiger partial charge on any atom is 0.380 e. The predicted octanol–water partition coefficient (Wildman–Crippen LogP) is 4.59. The molecule has 0 aliphatic heterocycles. The smallest absolute Gasteiger partial charge is 0.380 e. The Balaban J connectivity index is 1.65. The van der Waals surface area contributed by atoms with Crippen molar-refractivity contribution in [1.82, 2.24) is 0 Å². The zero-order valence-electron chi connectivity index (χ0n) is 13.9. The van der Waals surface area contributed by atoms with Crippen LogP contribution in [0, 0.1) is 6.92 Å². The van der Waals surface area contributed by atoms with Crippen molar-refractivity contribution in [2.45, 2.75) is 13.5 Å². The van der Waals surface area contributed by atoms with Crippen molar-refractivity contribution in [2.24, 2.45) is 0 Å². The Morgan fingerprint density at radius 1 is 0.760 bits per heavy atom. The van der Waals surface area contributed by atoms with E-state index in [4.69, 9.17) is 4.74 Å². The summed E-state index contributed by atoms with van der Waals surface area (Å²) in [5, 5.41) is 0. The summed E-state index contributed by atoms with van der Waals surface area (Å²) in [5.74, 6) is -1.47. The maximum atomic E-state index is 12.2. The Bertz CT molecular complexity index is 863. The SMILES string of the molecule is Cc1ccc(-c2ccc(C(=O)C(=O)OCc3ccccc3)cc2)cc1. The second-order valence-electron chi connectivity index (χ2n) is 5.83. The van der Waals surface area contributed by atoms with E-state index in [0.29, 0.717) is 5.56 Å². The van der Waals surface area contributed by atoms with Crippen molar-refractivity contribution in [3.8, 4) is 11.1 Å². The minimum Gasteiger partial charge on any atom is -0.455 e. The molecule has 0 bridgehead atoms. The van der Waals surface area contributed by atoms with Crippen LogP contribution in [0.3, 0.4) is 0 Å². The van der Waals surface area contributed by atoms with Gasteiger partial charge in [-0.15, -0.1) is 0 Å². The zero-order chi connectivity index (χ0) is 17.6. The van der Waals surface area contributed by atoms with Crippen molar-refractivity contribution in [1.29, 1.82) is 0 Å². The first kappa shape index (κ1) is 16.7. The van der Waals surface area contributed by atoms with E-state index in [9.17, 15) is 9.59 Å². The number of Topliss-reactive ketones (excluding diaryl/α,β-unsaturated/α-hetero) is 1. The Kier molecular flexibility index (Phi) is 5.05. The lowest BCUT2D eigenvalue weighted by molar-refractivity contribution is -0.139. The van der Waals surface area contributed by atoms with E-state index in [-0.39, 0.29) is 6.61 Å². The fourth-order valence-electron chi connectivity index (χ4n) is 2.47. The molecule has 0 unspecified atom stereocenters. The Morgan fingerprint density at radius 3 is 1.92 bits per heavy atom. The number of rotatable bonds is 5. The summed E-state index contributed by atoms with van der Waals surface area (Å²) in [5.41, 5.74) is 4.43. The molecule has 0 saturated heterocycles. The molecule has 3 aromatic carbocycles. The van der Waals surface area contributed by atoms with Crippen LogP contribution in [0.2, 0.25) is 0 Å². The van der Waals surface area contributed by atoms with Gasteiger partial charge in [-0.05, 0) is 23.6 Å². The van der Waals surface area contributed by atoms with E-state index >= 15 is 0 Å². The number of carbonyl (C=O) groups excluding carboxylic acids is 2. The van der Waals surface area contributed by atoms with Crippen LogP contribution < -0.4 is 0 Å². The lowest BCUT2D eigenvalue weighted by Crippen LogP contribution is -2.17. The molecule has 3 rings (SSSR count). The second-order valence-corrected chi connectivity index (χ2v) is 5.83. The van der Waals surface area contributed by atoms with Gasteiger partial charge in [-0.25, -0.2) is 4.79 Å². The summed E-state index contributed by atoms with van der Waals surface area (Å²) in [6, 6.07) is 24.4. The van der Waals surface area contributed by atoms with E-state index < -0.39 is 11.8 Å². The van der Waals surface area contributed by atoms with Crippen LogP contribution in [-0.4, -0.2) is 11.8 Å². The molecule has 0 aliphatic rings. The molecular formula is C22H18O3. The van der Waals surface area contributed by atoms with Gasteiger partial charge in [0.05, 0.1) is 0 Å². The molecule has 0 aromatic heterocycles. The normalized spacial score (nSPS) is 10.3. The van der Waals surface area contributed by atoms with Crippen LogP contribution in [0.4, 0.5) is 0 Å². The van der Waals surface area contributed by atoms with E-state index in [1.54, 1.807) is 12.1 Å². The largest absolute Gasteiger partial charge is 0.455 e. The molecule has 0 saturated carbocycles. The summed E-state index contributed by atoms with van der Waals surface area (Å²) in [6.45, 7) is 2.12. The Morgan fingerprint density at radius 2 is 1.32 bits per heavy atom. The highest BCUT2D eigenvalue weighted by Crippen LogP contribution is 2.20. The Hall–Kier alpha value is -3.20. The number of esters is 1. The highest BCUT2D eigenvalue weighted by Gasteiger charge is 2.18. The number of ketones is 1. The number of hydrogen-bond acceptors (Lipinski definition) is 3. The van der Waals surface area contributed by atoms with Crippen molar-refractivity contribution < 1.29 is 14.3 Å². The molecule has 0 N–H and O–H groups in total. The number of carbonyl (C=O) groups is 2. The first-order valence-corrected chi connectivity index (χ1v) is 8.06. The van der Waals surface area contributed by atoms with Gasteiger partial charge in [0, 0.05) is 5.56 Å². The van der Waals surface area contributed by atoms with Crippen LogP contribution in [0.5, 0.6) is 0 Å². The average molecular weight is 330 g/mol. The number of benzene rings is 3. The molecule has 0 spiro atoms. The van der Waals surface area contributed by atoms with Gasteiger partial charge in [0.2, 0.25) is 0 Å². The van der Waals surface area contributed by atoms with Gasteiger partial charge in [0.1, 0.15) is 6.61 Å². The molecule has 0 fully saturated rings. The third-order valence-electron chi connectivity index (χ3n) is 3.93. The van der Waals surface area contributed by atoms with Crippen LogP contribution in [0.15, 0.2) is 78.9 Å². The van der Waals surface area contributed by atoms with E-state index in [1.807, 2.05) is 73.7 Å². The molecule has 0 radical (unpaired) electrons. The van der Waals surface area contributed by atoms with E-state index in [0.717, 1.165) is 16.7 Å². The zero-order valence-corrected chi connectivity index (χ0v) is 13.9. The van der Waals surface area contributed by atoms with Gasteiger partial charge < -0.3 is 4.74 Å². The van der Waals surface area contributed by atoms with Crippen LogP contribution in [0.1, 0.15) is 21.5 Å². The third kappa shape index (κ3) is 4.21. The van der Waals surface area contributed by atoms with E-state index in [2.05, 4.69) is 0 Å². The summed E-state index contributed by atoms with van der Waals surface area (Å²) in [6.07, 6.45) is 0. The number of aryl methyl sites for hydroxylation is 1. The van der Waals surface area contributed by atoms with Gasteiger partial charge in [0.15, 0.2) is 0 Å². The second kappa shape index (κ2) is 7.58. The van der Waals surface area contributed by atoms with Gasteiger partial charge in [-0.3, -0.25) is 4.79 Å². The highest BCUT2D eigenvalue weighted by atomic mass is 16.5.